The summed E-state index contributed by atoms with van der Waals surface area (Å²) >= 11 is 0. The average molecular weight is 510 g/mol. The lowest BCUT2D eigenvalue weighted by Crippen LogP contribution is -2.34. The summed E-state index contributed by atoms with van der Waals surface area (Å²) in [7, 11) is 0. The second kappa shape index (κ2) is 10.9. The summed E-state index contributed by atoms with van der Waals surface area (Å²) < 4.78 is 5.46. The number of nitrogen functional groups attached to an aromatic ring is 1. The van der Waals surface area contributed by atoms with Crippen LogP contribution in [0.2, 0.25) is 0 Å². The molecule has 11 heteroatoms. The quantitative estimate of drug-likeness (QED) is 0.0891. The van der Waals surface area contributed by atoms with E-state index in [1.165, 1.54) is 36.4 Å². The molecular formula is C27H23N7O4. The maximum absolute atomic E-state index is 12.6. The Bertz CT molecular complexity index is 1570. The highest BCUT2D eigenvalue weighted by Gasteiger charge is 2.13. The monoisotopic (exact) mass is 509 g/mol. The predicted molar refractivity (Wildman–Crippen MR) is 145 cm³/mol. The molecule has 0 atom stereocenters. The van der Waals surface area contributed by atoms with Crippen LogP contribution in [0.1, 0.15) is 26.3 Å². The first-order chi connectivity index (χ1) is 18.2. The zero-order chi connectivity index (χ0) is 27.2. The number of amidine groups is 1. The second-order valence-electron chi connectivity index (χ2n) is 8.13. The van der Waals surface area contributed by atoms with Gasteiger partial charge < -0.3 is 26.8 Å². The lowest BCUT2D eigenvalue weighted by atomic mass is 10.1. The van der Waals surface area contributed by atoms with Crippen LogP contribution in [0.5, 0.6) is 5.75 Å². The van der Waals surface area contributed by atoms with Crippen molar-refractivity contribution in [3.63, 3.8) is 0 Å². The minimum absolute atomic E-state index is 0.0288. The standard InChI is InChI=1S/C27H23N7O4/c28-23(29)19-2-1-18-14-22(12-7-17(18)13-19)38-25(36)16-5-10-21(11-6-16)33-27(37)34-24(35)15-3-8-20(9-4-15)32-26(30)31/h1-14H,(H3,28,29)(H4,30,31,32)(H2,33,34,35,37). The number of benzene rings is 4. The Morgan fingerprint density at radius 3 is 1.84 bits per heavy atom. The first-order valence-electron chi connectivity index (χ1n) is 11.2. The molecule has 0 radical (unpaired) electrons. The van der Waals surface area contributed by atoms with Gasteiger partial charge in [-0.3, -0.25) is 20.9 Å². The fourth-order valence-corrected chi connectivity index (χ4v) is 3.51. The average Bonchev–Trinajstić information content (AvgIpc) is 2.88. The van der Waals surface area contributed by atoms with Crippen LogP contribution in [-0.2, 0) is 0 Å². The molecule has 3 amide bonds. The number of urea groups is 1. The second-order valence-corrected chi connectivity index (χ2v) is 8.13. The summed E-state index contributed by atoms with van der Waals surface area (Å²) in [6, 6.07) is 21.7. The Balaban J connectivity index is 1.33. The van der Waals surface area contributed by atoms with E-state index in [0.717, 1.165) is 10.8 Å². The summed E-state index contributed by atoms with van der Waals surface area (Å²) in [6.45, 7) is 0. The fraction of sp³-hybridized carbons (Fsp3) is 0. The minimum atomic E-state index is -0.750. The van der Waals surface area contributed by atoms with Crippen molar-refractivity contribution >= 4 is 51.8 Å². The van der Waals surface area contributed by atoms with Crippen molar-refractivity contribution in [3.05, 3.63) is 102 Å². The van der Waals surface area contributed by atoms with Crippen LogP contribution in [0.3, 0.4) is 0 Å². The van der Waals surface area contributed by atoms with Crippen molar-refractivity contribution in [1.82, 2.24) is 5.32 Å². The number of guanidine groups is 1. The zero-order valence-electron chi connectivity index (χ0n) is 19.9. The highest BCUT2D eigenvalue weighted by Crippen LogP contribution is 2.23. The van der Waals surface area contributed by atoms with Gasteiger partial charge in [0, 0.05) is 22.5 Å². The summed E-state index contributed by atoms with van der Waals surface area (Å²) in [4.78, 5) is 37.1. The van der Waals surface area contributed by atoms with Gasteiger partial charge in [0.25, 0.3) is 5.91 Å². The predicted octanol–water partition coefficient (Wildman–Crippen LogP) is 3.61. The molecule has 0 aliphatic heterocycles. The van der Waals surface area contributed by atoms with Crippen LogP contribution in [0.4, 0.5) is 16.2 Å². The van der Waals surface area contributed by atoms with Crippen LogP contribution < -0.4 is 32.2 Å². The SMILES string of the molecule is N=C(N)Nc1ccc(C(=O)NC(=O)Nc2ccc(C(=O)Oc3ccc4cc(C(=N)N)ccc4c3)cc2)cc1. The van der Waals surface area contributed by atoms with Gasteiger partial charge in [0.1, 0.15) is 11.6 Å². The van der Waals surface area contributed by atoms with E-state index in [4.69, 9.17) is 27.0 Å². The Labute approximate surface area is 216 Å². The van der Waals surface area contributed by atoms with Crippen LogP contribution in [0.25, 0.3) is 10.8 Å². The van der Waals surface area contributed by atoms with Gasteiger partial charge >= 0.3 is 12.0 Å². The molecule has 0 fully saturated rings. The highest BCUT2D eigenvalue weighted by molar-refractivity contribution is 6.08. The summed E-state index contributed by atoms with van der Waals surface area (Å²) in [6.07, 6.45) is 0. The molecule has 9 N–H and O–H groups in total. The van der Waals surface area contributed by atoms with Crippen molar-refractivity contribution in [2.45, 2.75) is 0 Å². The summed E-state index contributed by atoms with van der Waals surface area (Å²) in [5, 5.41) is 23.7. The van der Waals surface area contributed by atoms with E-state index in [2.05, 4.69) is 16.0 Å². The third-order valence-corrected chi connectivity index (χ3v) is 5.36. The van der Waals surface area contributed by atoms with E-state index >= 15 is 0 Å². The third kappa shape index (κ3) is 6.29. The molecule has 11 nitrogen and oxygen atoms in total. The van der Waals surface area contributed by atoms with Crippen molar-refractivity contribution in [1.29, 1.82) is 10.8 Å². The van der Waals surface area contributed by atoms with Gasteiger partial charge in [-0.05, 0) is 77.5 Å². The van der Waals surface area contributed by atoms with Gasteiger partial charge in [-0.25, -0.2) is 9.59 Å². The Morgan fingerprint density at radius 2 is 1.21 bits per heavy atom. The number of carbonyl (C=O) groups is 3. The van der Waals surface area contributed by atoms with Gasteiger partial charge in [-0.15, -0.1) is 0 Å². The Hall–Kier alpha value is -5.71. The molecule has 0 unspecified atom stereocenters. The molecule has 0 aromatic heterocycles. The van der Waals surface area contributed by atoms with Crippen molar-refractivity contribution in [3.8, 4) is 5.75 Å². The van der Waals surface area contributed by atoms with Crippen molar-refractivity contribution in [2.24, 2.45) is 11.5 Å². The third-order valence-electron chi connectivity index (χ3n) is 5.36. The van der Waals surface area contributed by atoms with Gasteiger partial charge in [0.05, 0.1) is 5.56 Å². The number of anilines is 2. The number of fused-ring (bicyclic) bond motifs is 1. The van der Waals surface area contributed by atoms with Crippen molar-refractivity contribution < 1.29 is 19.1 Å². The molecule has 4 rings (SSSR count). The fourth-order valence-electron chi connectivity index (χ4n) is 3.51. The number of esters is 1. The van der Waals surface area contributed by atoms with Crippen LogP contribution in [0.15, 0.2) is 84.9 Å². The molecular weight excluding hydrogens is 486 g/mol. The first-order valence-corrected chi connectivity index (χ1v) is 11.2. The number of rotatable bonds is 6. The molecule has 190 valence electrons. The molecule has 4 aromatic carbocycles. The van der Waals surface area contributed by atoms with Crippen LogP contribution in [-0.4, -0.2) is 29.7 Å². The van der Waals surface area contributed by atoms with E-state index in [1.54, 1.807) is 48.5 Å². The summed E-state index contributed by atoms with van der Waals surface area (Å²) in [5.41, 5.74) is 12.8. The molecule has 0 aliphatic rings. The highest BCUT2D eigenvalue weighted by atomic mass is 16.5. The van der Waals surface area contributed by atoms with E-state index in [9.17, 15) is 14.4 Å². The van der Waals surface area contributed by atoms with E-state index < -0.39 is 17.9 Å². The number of nitrogens with two attached hydrogens (primary N) is 2. The number of ether oxygens (including phenoxy) is 1. The maximum Gasteiger partial charge on any atom is 0.343 e. The zero-order valence-corrected chi connectivity index (χ0v) is 19.9. The number of hydrogen-bond donors (Lipinski definition) is 7. The van der Waals surface area contributed by atoms with Gasteiger partial charge in [0.2, 0.25) is 0 Å². The summed E-state index contributed by atoms with van der Waals surface area (Å²) in [5.74, 6) is -1.12. The van der Waals surface area contributed by atoms with Gasteiger partial charge in [-0.1, -0.05) is 18.2 Å². The van der Waals surface area contributed by atoms with Crippen molar-refractivity contribution in [2.75, 3.05) is 10.6 Å². The topological polar surface area (TPSA) is 196 Å². The van der Waals surface area contributed by atoms with E-state index in [1.807, 2.05) is 0 Å². The largest absolute Gasteiger partial charge is 0.423 e. The molecule has 0 bridgehead atoms. The lowest BCUT2D eigenvalue weighted by Gasteiger charge is -2.09. The maximum atomic E-state index is 12.6. The minimum Gasteiger partial charge on any atom is -0.423 e. The van der Waals surface area contributed by atoms with Gasteiger partial charge in [-0.2, -0.15) is 0 Å². The number of hydrogen-bond acceptors (Lipinski definition) is 6. The molecule has 0 spiro atoms. The normalized spacial score (nSPS) is 10.3. The van der Waals surface area contributed by atoms with Gasteiger partial charge in [0.15, 0.2) is 5.96 Å². The first kappa shape index (κ1) is 25.4. The molecule has 0 saturated heterocycles. The smallest absolute Gasteiger partial charge is 0.343 e. The molecule has 4 aromatic rings. The lowest BCUT2D eigenvalue weighted by molar-refractivity contribution is 0.0734. The molecule has 0 saturated carbocycles. The van der Waals surface area contributed by atoms with E-state index in [0.29, 0.717) is 22.7 Å². The van der Waals surface area contributed by atoms with Crippen LogP contribution in [0, 0.1) is 10.8 Å². The van der Waals surface area contributed by atoms with Crippen LogP contribution >= 0.6 is 0 Å². The number of carbonyl (C=O) groups excluding carboxylic acids is 3. The molecule has 38 heavy (non-hydrogen) atoms. The number of amides is 3. The number of nitrogens with one attached hydrogen (secondary N) is 5. The molecule has 0 aliphatic carbocycles. The molecule has 0 heterocycles. The Kier molecular flexibility index (Phi) is 7.29. The Morgan fingerprint density at radius 1 is 0.658 bits per heavy atom. The number of imide groups is 1. The van der Waals surface area contributed by atoms with E-state index in [-0.39, 0.29) is 22.9 Å².